The molecule has 0 aromatic rings. The van der Waals surface area contributed by atoms with Gasteiger partial charge in [-0.05, 0) is 32.4 Å². The fourth-order valence-corrected chi connectivity index (χ4v) is 1.37. The number of aliphatic carboxylic acids is 1. The van der Waals surface area contributed by atoms with Crippen LogP contribution in [0.25, 0.3) is 0 Å². The van der Waals surface area contributed by atoms with E-state index in [1.807, 2.05) is 20.9 Å². The Morgan fingerprint density at radius 3 is 2.35 bits per heavy atom. The molecule has 1 atom stereocenters. The van der Waals surface area contributed by atoms with E-state index < -0.39 is 18.0 Å². The van der Waals surface area contributed by atoms with Gasteiger partial charge in [0.2, 0.25) is 0 Å². The molecule has 6 heteroatoms. The van der Waals surface area contributed by atoms with Crippen LogP contribution < -0.4 is 16.0 Å². The third kappa shape index (κ3) is 8.50. The lowest BCUT2D eigenvalue weighted by atomic mass is 10.0. The van der Waals surface area contributed by atoms with Crippen molar-refractivity contribution in [3.8, 4) is 0 Å². The van der Waals surface area contributed by atoms with Gasteiger partial charge in [0.25, 0.3) is 0 Å². The Hall–Kier alpha value is -1.30. The molecule has 0 aromatic carbocycles. The average Bonchev–Trinajstić information content (AvgIpc) is 2.22. The normalized spacial score (nSPS) is 12.2. The van der Waals surface area contributed by atoms with E-state index in [-0.39, 0.29) is 5.92 Å². The molecule has 0 radical (unpaired) electrons. The van der Waals surface area contributed by atoms with Gasteiger partial charge in [-0.15, -0.1) is 0 Å². The maximum absolute atomic E-state index is 11.4. The first kappa shape index (κ1) is 15.7. The number of nitrogens with one attached hydrogen (secondary N) is 3. The third-order valence-electron chi connectivity index (χ3n) is 2.20. The van der Waals surface area contributed by atoms with Gasteiger partial charge in [-0.2, -0.15) is 0 Å². The van der Waals surface area contributed by atoms with Crippen molar-refractivity contribution in [1.82, 2.24) is 16.0 Å². The number of hydrogen-bond donors (Lipinski definition) is 4. The molecular formula is C11H23N3O3. The highest BCUT2D eigenvalue weighted by atomic mass is 16.4. The lowest BCUT2D eigenvalue weighted by Crippen LogP contribution is -2.46. The Morgan fingerprint density at radius 1 is 1.24 bits per heavy atom. The number of carboxylic acids is 1. The largest absolute Gasteiger partial charge is 0.480 e. The van der Waals surface area contributed by atoms with Gasteiger partial charge in [0, 0.05) is 6.54 Å². The van der Waals surface area contributed by atoms with Crippen LogP contribution in [0, 0.1) is 5.92 Å². The zero-order valence-corrected chi connectivity index (χ0v) is 10.7. The molecule has 6 nitrogen and oxygen atoms in total. The molecule has 0 unspecified atom stereocenters. The second kappa shape index (κ2) is 8.81. The number of carbonyl (C=O) groups is 2. The van der Waals surface area contributed by atoms with Gasteiger partial charge in [0.1, 0.15) is 6.04 Å². The molecule has 0 spiro atoms. The summed E-state index contributed by atoms with van der Waals surface area (Å²) in [6.45, 7) is 5.18. The van der Waals surface area contributed by atoms with Crippen molar-refractivity contribution >= 4 is 12.0 Å². The summed E-state index contributed by atoms with van der Waals surface area (Å²) in [6, 6.07) is -1.24. The SMILES string of the molecule is CNCCCNC(=O)N[C@H](CC(C)C)C(=O)O. The number of urea groups is 1. The van der Waals surface area contributed by atoms with Crippen molar-refractivity contribution < 1.29 is 14.7 Å². The van der Waals surface area contributed by atoms with E-state index in [4.69, 9.17) is 5.11 Å². The van der Waals surface area contributed by atoms with E-state index in [9.17, 15) is 9.59 Å². The third-order valence-corrected chi connectivity index (χ3v) is 2.20. The molecule has 100 valence electrons. The molecule has 17 heavy (non-hydrogen) atoms. The summed E-state index contributed by atoms with van der Waals surface area (Å²) in [5.74, 6) is -0.773. The predicted octanol–water partition coefficient (Wildman–Crippen LogP) is 0.394. The highest BCUT2D eigenvalue weighted by Gasteiger charge is 2.20. The standard InChI is InChI=1S/C11H23N3O3/c1-8(2)7-9(10(15)16)14-11(17)13-6-4-5-12-3/h8-9,12H,4-7H2,1-3H3,(H,15,16)(H2,13,14,17)/t9-/m1/s1. The van der Waals surface area contributed by atoms with Crippen LogP contribution in [0.3, 0.4) is 0 Å². The molecule has 0 aliphatic heterocycles. The molecule has 4 N–H and O–H groups in total. The summed E-state index contributed by atoms with van der Waals surface area (Å²) in [7, 11) is 1.84. The molecular weight excluding hydrogens is 222 g/mol. The Kier molecular flexibility index (Phi) is 8.13. The highest BCUT2D eigenvalue weighted by Crippen LogP contribution is 2.04. The van der Waals surface area contributed by atoms with Crippen molar-refractivity contribution in [2.24, 2.45) is 5.92 Å². The minimum atomic E-state index is -0.996. The molecule has 0 bridgehead atoms. The van der Waals surface area contributed by atoms with Crippen LogP contribution in [0.5, 0.6) is 0 Å². The summed E-state index contributed by atoms with van der Waals surface area (Å²) >= 11 is 0. The smallest absolute Gasteiger partial charge is 0.326 e. The quantitative estimate of drug-likeness (QED) is 0.466. The van der Waals surface area contributed by atoms with Crippen molar-refractivity contribution in [3.05, 3.63) is 0 Å². The van der Waals surface area contributed by atoms with Crippen molar-refractivity contribution in [1.29, 1.82) is 0 Å². The summed E-state index contributed by atoms with van der Waals surface area (Å²) in [4.78, 5) is 22.3. The Morgan fingerprint density at radius 2 is 1.88 bits per heavy atom. The van der Waals surface area contributed by atoms with Crippen LogP contribution in [0.15, 0.2) is 0 Å². The van der Waals surface area contributed by atoms with Crippen LogP contribution in [-0.2, 0) is 4.79 Å². The number of carboxylic acid groups (broad SMARTS) is 1. The molecule has 0 heterocycles. The summed E-state index contributed by atoms with van der Waals surface area (Å²) in [5, 5.41) is 17.0. The minimum absolute atomic E-state index is 0.223. The van der Waals surface area contributed by atoms with Crippen molar-refractivity contribution in [2.45, 2.75) is 32.7 Å². The van der Waals surface area contributed by atoms with Gasteiger partial charge >= 0.3 is 12.0 Å². The van der Waals surface area contributed by atoms with E-state index in [1.54, 1.807) is 0 Å². The minimum Gasteiger partial charge on any atom is -0.480 e. The molecule has 0 aliphatic rings. The van der Waals surface area contributed by atoms with Gasteiger partial charge < -0.3 is 21.1 Å². The van der Waals surface area contributed by atoms with Crippen LogP contribution >= 0.6 is 0 Å². The van der Waals surface area contributed by atoms with Gasteiger partial charge in [0.05, 0.1) is 0 Å². The number of carbonyl (C=O) groups excluding carboxylic acids is 1. The fraction of sp³-hybridized carbons (Fsp3) is 0.818. The average molecular weight is 245 g/mol. The maximum Gasteiger partial charge on any atom is 0.326 e. The first-order valence-corrected chi connectivity index (χ1v) is 5.89. The topological polar surface area (TPSA) is 90.5 Å². The zero-order valence-electron chi connectivity index (χ0n) is 10.7. The van der Waals surface area contributed by atoms with E-state index in [0.29, 0.717) is 13.0 Å². The monoisotopic (exact) mass is 245 g/mol. The molecule has 0 saturated heterocycles. The zero-order chi connectivity index (χ0) is 13.3. The summed E-state index contributed by atoms with van der Waals surface area (Å²) in [6.07, 6.45) is 1.24. The highest BCUT2D eigenvalue weighted by molar-refractivity contribution is 5.82. The first-order chi connectivity index (χ1) is 7.97. The fourth-order valence-electron chi connectivity index (χ4n) is 1.37. The van der Waals surface area contributed by atoms with Gasteiger partial charge in [-0.3, -0.25) is 0 Å². The second-order valence-corrected chi connectivity index (χ2v) is 4.38. The molecule has 0 aromatic heterocycles. The van der Waals surface area contributed by atoms with E-state index >= 15 is 0 Å². The van der Waals surface area contributed by atoms with Gasteiger partial charge in [-0.1, -0.05) is 13.8 Å². The van der Waals surface area contributed by atoms with Gasteiger partial charge in [-0.25, -0.2) is 9.59 Å². The number of hydrogen-bond acceptors (Lipinski definition) is 3. The summed E-state index contributed by atoms with van der Waals surface area (Å²) in [5.41, 5.74) is 0. The molecule has 0 saturated carbocycles. The molecule has 2 amide bonds. The lowest BCUT2D eigenvalue weighted by molar-refractivity contribution is -0.139. The lowest BCUT2D eigenvalue weighted by Gasteiger charge is -2.16. The van der Waals surface area contributed by atoms with E-state index in [2.05, 4.69) is 16.0 Å². The van der Waals surface area contributed by atoms with Crippen molar-refractivity contribution in [3.63, 3.8) is 0 Å². The van der Waals surface area contributed by atoms with E-state index in [0.717, 1.165) is 13.0 Å². The Balaban J connectivity index is 3.91. The van der Waals surface area contributed by atoms with Crippen LogP contribution in [0.2, 0.25) is 0 Å². The Bertz CT molecular complexity index is 244. The number of amides is 2. The predicted molar refractivity (Wildman–Crippen MR) is 66.0 cm³/mol. The summed E-state index contributed by atoms with van der Waals surface area (Å²) < 4.78 is 0. The van der Waals surface area contributed by atoms with Crippen LogP contribution in [0.4, 0.5) is 4.79 Å². The van der Waals surface area contributed by atoms with Crippen LogP contribution in [-0.4, -0.2) is 43.3 Å². The molecule has 0 rings (SSSR count). The number of rotatable bonds is 8. The second-order valence-electron chi connectivity index (χ2n) is 4.38. The van der Waals surface area contributed by atoms with Crippen LogP contribution in [0.1, 0.15) is 26.7 Å². The molecule has 0 fully saturated rings. The van der Waals surface area contributed by atoms with Gasteiger partial charge in [0.15, 0.2) is 0 Å². The van der Waals surface area contributed by atoms with Crippen molar-refractivity contribution in [2.75, 3.05) is 20.1 Å². The maximum atomic E-state index is 11.4. The first-order valence-electron chi connectivity index (χ1n) is 5.89. The Labute approximate surface area is 102 Å². The molecule has 0 aliphatic carbocycles. The van der Waals surface area contributed by atoms with E-state index in [1.165, 1.54) is 0 Å².